The Labute approximate surface area is 149 Å². The van der Waals surface area contributed by atoms with E-state index in [1.165, 1.54) is 22.7 Å². The van der Waals surface area contributed by atoms with E-state index in [4.69, 9.17) is 11.6 Å². The number of nitro benzene ring substituents is 1. The van der Waals surface area contributed by atoms with Gasteiger partial charge >= 0.3 is 0 Å². The van der Waals surface area contributed by atoms with Gasteiger partial charge < -0.3 is 4.90 Å². The number of hydrogen-bond donors (Lipinski definition) is 0. The van der Waals surface area contributed by atoms with Crippen LogP contribution in [0.1, 0.15) is 11.1 Å². The highest BCUT2D eigenvalue weighted by atomic mass is 35.5. The molecule has 0 spiro atoms. The summed E-state index contributed by atoms with van der Waals surface area (Å²) in [5.74, 6) is 0.926. The molecule has 0 heterocycles. The number of nitro groups is 1. The largest absolute Gasteiger partial charge is 0.340 e. The smallest absolute Gasteiger partial charge is 0.274 e. The predicted octanol–water partition coefficient (Wildman–Crippen LogP) is 4.14. The number of rotatable bonds is 7. The number of carbonyl (C=O) groups excluding carboxylic acids is 1. The van der Waals surface area contributed by atoms with Crippen LogP contribution in [0.5, 0.6) is 0 Å². The van der Waals surface area contributed by atoms with Crippen molar-refractivity contribution in [1.82, 2.24) is 4.90 Å². The van der Waals surface area contributed by atoms with Crippen LogP contribution in [0.15, 0.2) is 48.5 Å². The molecule has 0 aliphatic rings. The van der Waals surface area contributed by atoms with Crippen molar-refractivity contribution in [3.8, 4) is 0 Å². The van der Waals surface area contributed by atoms with Crippen LogP contribution in [-0.4, -0.2) is 28.5 Å². The Bertz CT molecular complexity index is 739. The highest BCUT2D eigenvalue weighted by Gasteiger charge is 2.16. The van der Waals surface area contributed by atoms with Gasteiger partial charge in [0.05, 0.1) is 17.2 Å². The molecule has 5 nitrogen and oxygen atoms in total. The minimum atomic E-state index is -0.429. The van der Waals surface area contributed by atoms with E-state index < -0.39 is 4.92 Å². The van der Waals surface area contributed by atoms with E-state index >= 15 is 0 Å². The summed E-state index contributed by atoms with van der Waals surface area (Å²) in [4.78, 5) is 24.3. The summed E-state index contributed by atoms with van der Waals surface area (Å²) in [7, 11) is 1.65. The molecule has 2 aromatic carbocycles. The molecule has 24 heavy (non-hydrogen) atoms. The minimum absolute atomic E-state index is 0.0312. The molecule has 7 heteroatoms. The molecule has 0 saturated carbocycles. The summed E-state index contributed by atoms with van der Waals surface area (Å²) in [6.07, 6.45) is 0. The molecule has 126 valence electrons. The summed E-state index contributed by atoms with van der Waals surface area (Å²) >= 11 is 7.42. The second kappa shape index (κ2) is 8.70. The van der Waals surface area contributed by atoms with Crippen LogP contribution >= 0.6 is 23.4 Å². The average Bonchev–Trinajstić information content (AvgIpc) is 2.55. The lowest BCUT2D eigenvalue weighted by Crippen LogP contribution is -2.28. The van der Waals surface area contributed by atoms with Gasteiger partial charge in [0.15, 0.2) is 0 Å². The Hall–Kier alpha value is -2.05. The Morgan fingerprint density at radius 1 is 1.25 bits per heavy atom. The fourth-order valence-corrected chi connectivity index (χ4v) is 3.28. The summed E-state index contributed by atoms with van der Waals surface area (Å²) in [6.45, 7) is 0.216. The predicted molar refractivity (Wildman–Crippen MR) is 97.2 cm³/mol. The first-order valence-electron chi connectivity index (χ1n) is 7.26. The van der Waals surface area contributed by atoms with Gasteiger partial charge in [0.1, 0.15) is 0 Å². The first-order chi connectivity index (χ1) is 11.5. The lowest BCUT2D eigenvalue weighted by Gasteiger charge is -2.17. The highest BCUT2D eigenvalue weighted by Crippen LogP contribution is 2.20. The molecule has 0 aliphatic heterocycles. The SMILES string of the molecule is CN(Cc1ccccc1[N+](=O)[O-])C(=O)CSCc1cccc(Cl)c1. The van der Waals surface area contributed by atoms with Crippen molar-refractivity contribution in [3.63, 3.8) is 0 Å². The van der Waals surface area contributed by atoms with Gasteiger partial charge in [-0.25, -0.2) is 0 Å². The van der Waals surface area contributed by atoms with Crippen molar-refractivity contribution in [1.29, 1.82) is 0 Å². The lowest BCUT2D eigenvalue weighted by atomic mass is 10.1. The maximum atomic E-state index is 12.2. The molecule has 2 rings (SSSR count). The van der Waals surface area contributed by atoms with E-state index in [9.17, 15) is 14.9 Å². The number of nitrogens with zero attached hydrogens (tertiary/aromatic N) is 2. The zero-order chi connectivity index (χ0) is 17.5. The first kappa shape index (κ1) is 18.3. The van der Waals surface area contributed by atoms with E-state index in [1.54, 1.807) is 31.3 Å². The minimum Gasteiger partial charge on any atom is -0.340 e. The molecule has 1 amide bonds. The van der Waals surface area contributed by atoms with Crippen molar-refractivity contribution in [3.05, 3.63) is 74.8 Å². The summed E-state index contributed by atoms with van der Waals surface area (Å²) in [5, 5.41) is 11.7. The molecule has 0 aliphatic carbocycles. The van der Waals surface area contributed by atoms with Crippen LogP contribution in [0.25, 0.3) is 0 Å². The third-order valence-corrected chi connectivity index (χ3v) is 4.63. The molecule has 0 aromatic heterocycles. The number of thioether (sulfide) groups is 1. The third-order valence-electron chi connectivity index (χ3n) is 3.40. The van der Waals surface area contributed by atoms with Gasteiger partial charge in [-0.1, -0.05) is 41.9 Å². The van der Waals surface area contributed by atoms with E-state index in [-0.39, 0.29) is 18.1 Å². The molecular weight excluding hydrogens is 348 g/mol. The van der Waals surface area contributed by atoms with Crippen molar-refractivity contribution >= 4 is 35.0 Å². The van der Waals surface area contributed by atoms with E-state index in [0.717, 1.165) is 5.56 Å². The Morgan fingerprint density at radius 3 is 2.71 bits per heavy atom. The molecule has 0 radical (unpaired) electrons. The first-order valence-corrected chi connectivity index (χ1v) is 8.79. The maximum Gasteiger partial charge on any atom is 0.274 e. The monoisotopic (exact) mass is 364 g/mol. The van der Waals surface area contributed by atoms with E-state index in [1.807, 2.05) is 18.2 Å². The number of carbonyl (C=O) groups is 1. The van der Waals surface area contributed by atoms with Crippen molar-refractivity contribution in [2.45, 2.75) is 12.3 Å². The fourth-order valence-electron chi connectivity index (χ4n) is 2.16. The Balaban J connectivity index is 1.87. The van der Waals surface area contributed by atoms with Gasteiger partial charge in [0.25, 0.3) is 5.69 Å². The Kier molecular flexibility index (Phi) is 6.63. The summed E-state index contributed by atoms with van der Waals surface area (Å²) < 4.78 is 0. The van der Waals surface area contributed by atoms with Crippen molar-refractivity contribution in [2.75, 3.05) is 12.8 Å². The second-order valence-electron chi connectivity index (χ2n) is 5.26. The zero-order valence-electron chi connectivity index (χ0n) is 13.1. The van der Waals surface area contributed by atoms with Crippen molar-refractivity contribution < 1.29 is 9.72 Å². The number of amides is 1. The summed E-state index contributed by atoms with van der Waals surface area (Å²) in [5.41, 5.74) is 1.61. The number of para-hydroxylation sites is 1. The molecule has 0 fully saturated rings. The molecule has 0 unspecified atom stereocenters. The van der Waals surface area contributed by atoms with Crippen LogP contribution in [0.4, 0.5) is 5.69 Å². The second-order valence-corrected chi connectivity index (χ2v) is 6.68. The topological polar surface area (TPSA) is 63.4 Å². The van der Waals surface area contributed by atoms with Crippen LogP contribution in [-0.2, 0) is 17.1 Å². The molecular formula is C17H17ClN2O3S. The van der Waals surface area contributed by atoms with Gasteiger partial charge in [-0.2, -0.15) is 0 Å². The van der Waals surface area contributed by atoms with E-state index in [0.29, 0.717) is 22.1 Å². The average molecular weight is 365 g/mol. The van der Waals surface area contributed by atoms with Gasteiger partial charge in [-0.3, -0.25) is 14.9 Å². The molecule has 0 atom stereocenters. The normalized spacial score (nSPS) is 10.4. The van der Waals surface area contributed by atoms with Crippen LogP contribution in [0.3, 0.4) is 0 Å². The van der Waals surface area contributed by atoms with Crippen LogP contribution in [0.2, 0.25) is 5.02 Å². The highest BCUT2D eigenvalue weighted by molar-refractivity contribution is 7.99. The third kappa shape index (κ3) is 5.25. The Morgan fingerprint density at radius 2 is 2.00 bits per heavy atom. The quantitative estimate of drug-likeness (QED) is 0.547. The molecule has 0 saturated heterocycles. The van der Waals surface area contributed by atoms with Gasteiger partial charge in [0, 0.05) is 29.5 Å². The number of benzene rings is 2. The van der Waals surface area contributed by atoms with Crippen LogP contribution in [0, 0.1) is 10.1 Å². The zero-order valence-corrected chi connectivity index (χ0v) is 14.7. The summed E-state index contributed by atoms with van der Waals surface area (Å²) in [6, 6.07) is 14.0. The van der Waals surface area contributed by atoms with Gasteiger partial charge in [-0.05, 0) is 17.7 Å². The van der Waals surface area contributed by atoms with Crippen molar-refractivity contribution in [2.24, 2.45) is 0 Å². The molecule has 0 bridgehead atoms. The number of hydrogen-bond acceptors (Lipinski definition) is 4. The van der Waals surface area contributed by atoms with Gasteiger partial charge in [-0.15, -0.1) is 11.8 Å². The fraction of sp³-hybridized carbons (Fsp3) is 0.235. The number of halogens is 1. The maximum absolute atomic E-state index is 12.2. The van der Waals surface area contributed by atoms with E-state index in [2.05, 4.69) is 0 Å². The lowest BCUT2D eigenvalue weighted by molar-refractivity contribution is -0.385. The molecule has 0 N–H and O–H groups in total. The van der Waals surface area contributed by atoms with Gasteiger partial charge in [0.2, 0.25) is 5.91 Å². The van der Waals surface area contributed by atoms with Crippen LogP contribution < -0.4 is 0 Å². The standard InChI is InChI=1S/C17H17ClN2O3S/c1-19(10-14-6-2-3-8-16(14)20(22)23)17(21)12-24-11-13-5-4-7-15(18)9-13/h2-9H,10-12H2,1H3. The molecule has 2 aromatic rings.